The second-order valence-electron chi connectivity index (χ2n) is 2.64. The molecule has 1 saturated heterocycles. The summed E-state index contributed by atoms with van der Waals surface area (Å²) in [7, 11) is -3.09. The molecule has 0 aromatic heterocycles. The maximum atomic E-state index is 8.49. The first kappa shape index (κ1) is 13.8. The molecule has 1 aliphatic heterocycles. The highest BCUT2D eigenvalue weighted by molar-refractivity contribution is 6.66. The van der Waals surface area contributed by atoms with Crippen molar-refractivity contribution in [3.8, 4) is 12.1 Å². The van der Waals surface area contributed by atoms with Gasteiger partial charge in [-0.05, 0) is 0 Å². The van der Waals surface area contributed by atoms with Crippen LogP contribution in [0.25, 0.3) is 0 Å². The molecule has 1 rings (SSSR count). The third kappa shape index (κ3) is 5.68. The molecule has 1 aliphatic rings. The SMILES string of the molecule is N#CCC[Si]1O[Si]O[Si]O[Si](CCC#N)O1. The molecule has 1 fully saturated rings. The van der Waals surface area contributed by atoms with E-state index in [1.807, 2.05) is 0 Å². The zero-order valence-electron chi connectivity index (χ0n) is 8.36. The number of hydrogen-bond acceptors (Lipinski definition) is 6. The van der Waals surface area contributed by atoms with E-state index in [2.05, 4.69) is 12.1 Å². The van der Waals surface area contributed by atoms with Crippen LogP contribution in [0.2, 0.25) is 12.1 Å². The standard InChI is InChI=1S/C6H8N2O4Si4/c7-3-1-5-15-10-13-9-14-11-16(12-15)6-2-4-8/h1-2,5-6H2. The fraction of sp³-hybridized carbons (Fsp3) is 0.667. The van der Waals surface area contributed by atoms with Crippen LogP contribution >= 0.6 is 0 Å². The van der Waals surface area contributed by atoms with Gasteiger partial charge in [0.1, 0.15) is 0 Å². The van der Waals surface area contributed by atoms with Crippen molar-refractivity contribution in [2.75, 3.05) is 0 Å². The Morgan fingerprint density at radius 2 is 1.44 bits per heavy atom. The Morgan fingerprint density at radius 1 is 0.938 bits per heavy atom. The van der Waals surface area contributed by atoms with Gasteiger partial charge in [0, 0.05) is 24.9 Å². The van der Waals surface area contributed by atoms with Crippen molar-refractivity contribution >= 4 is 38.6 Å². The van der Waals surface area contributed by atoms with Crippen LogP contribution < -0.4 is 0 Å². The molecule has 0 spiro atoms. The summed E-state index contributed by atoms with van der Waals surface area (Å²) in [5.74, 6) is 0. The van der Waals surface area contributed by atoms with Gasteiger partial charge in [0.2, 0.25) is 0 Å². The third-order valence-electron chi connectivity index (χ3n) is 1.50. The summed E-state index contributed by atoms with van der Waals surface area (Å²) < 4.78 is 21.6. The van der Waals surface area contributed by atoms with E-state index < -0.39 is 18.6 Å². The highest BCUT2D eigenvalue weighted by Crippen LogP contribution is 2.09. The van der Waals surface area contributed by atoms with Gasteiger partial charge in [-0.1, -0.05) is 0 Å². The average molecular weight is 284 g/mol. The Bertz CT molecular complexity index is 255. The monoisotopic (exact) mass is 284 g/mol. The largest absolute Gasteiger partial charge is 0.414 e. The van der Waals surface area contributed by atoms with Gasteiger partial charge in [0.15, 0.2) is 0 Å². The predicted octanol–water partition coefficient (Wildman–Crippen LogP) is -0.0614. The van der Waals surface area contributed by atoms with Crippen LogP contribution in [0.4, 0.5) is 0 Å². The van der Waals surface area contributed by atoms with E-state index in [4.69, 9.17) is 27.0 Å². The molecule has 10 heteroatoms. The second-order valence-corrected chi connectivity index (χ2v) is 8.72. The number of rotatable bonds is 4. The smallest absolute Gasteiger partial charge is 0.412 e. The fourth-order valence-electron chi connectivity index (χ4n) is 0.840. The molecule has 0 amide bonds. The third-order valence-corrected chi connectivity index (χ3v) is 7.80. The van der Waals surface area contributed by atoms with Crippen LogP contribution in [0, 0.1) is 22.7 Å². The second kappa shape index (κ2) is 8.80. The summed E-state index contributed by atoms with van der Waals surface area (Å²) in [4.78, 5) is 0. The van der Waals surface area contributed by atoms with E-state index in [-0.39, 0.29) is 20.0 Å². The predicted molar refractivity (Wildman–Crippen MR) is 57.4 cm³/mol. The summed E-state index contributed by atoms with van der Waals surface area (Å²) in [6.07, 6.45) is 0.822. The molecule has 0 saturated carbocycles. The molecular weight excluding hydrogens is 276 g/mol. The van der Waals surface area contributed by atoms with E-state index in [0.29, 0.717) is 24.9 Å². The van der Waals surface area contributed by atoms with Crippen molar-refractivity contribution in [3.63, 3.8) is 0 Å². The molecule has 0 aromatic rings. The highest BCUT2D eigenvalue weighted by Gasteiger charge is 2.28. The molecule has 16 heavy (non-hydrogen) atoms. The zero-order valence-corrected chi connectivity index (χ0v) is 12.4. The minimum absolute atomic E-state index is 0.0766. The van der Waals surface area contributed by atoms with Crippen molar-refractivity contribution in [1.82, 2.24) is 0 Å². The fourth-order valence-corrected chi connectivity index (χ4v) is 7.17. The van der Waals surface area contributed by atoms with Crippen LogP contribution in [0.15, 0.2) is 0 Å². The molecule has 0 bridgehead atoms. The van der Waals surface area contributed by atoms with Gasteiger partial charge in [-0.25, -0.2) is 0 Å². The lowest BCUT2D eigenvalue weighted by molar-refractivity contribution is 0.310. The van der Waals surface area contributed by atoms with Crippen LogP contribution in [-0.2, 0) is 16.5 Å². The maximum absolute atomic E-state index is 8.49. The molecule has 0 aliphatic carbocycles. The minimum atomic E-state index is -1.47. The Balaban J connectivity index is 2.37. The lowest BCUT2D eigenvalue weighted by Crippen LogP contribution is -2.39. The van der Waals surface area contributed by atoms with E-state index in [0.717, 1.165) is 0 Å². The van der Waals surface area contributed by atoms with Gasteiger partial charge in [-0.3, -0.25) is 0 Å². The maximum Gasteiger partial charge on any atom is 0.412 e. The van der Waals surface area contributed by atoms with Crippen molar-refractivity contribution in [2.45, 2.75) is 24.9 Å². The first-order chi connectivity index (χ1) is 7.86. The first-order valence-electron chi connectivity index (χ1n) is 4.49. The molecule has 1 heterocycles. The lowest BCUT2D eigenvalue weighted by atomic mass is 10.6. The van der Waals surface area contributed by atoms with Gasteiger partial charge in [0.05, 0.1) is 12.1 Å². The summed E-state index contributed by atoms with van der Waals surface area (Å²) in [6, 6.07) is 5.32. The Morgan fingerprint density at radius 3 is 1.88 bits per heavy atom. The number of hydrogen-bond donors (Lipinski definition) is 0. The number of nitrogens with zero attached hydrogens (tertiary/aromatic N) is 2. The Kier molecular flexibility index (Phi) is 7.56. The summed E-state index contributed by atoms with van der Waals surface area (Å²) in [5, 5.41) is 17.0. The molecular formula is C6H8N2O4Si4. The van der Waals surface area contributed by atoms with E-state index in [1.54, 1.807) is 0 Å². The van der Waals surface area contributed by atoms with Crippen molar-refractivity contribution < 1.29 is 16.5 Å². The summed E-state index contributed by atoms with van der Waals surface area (Å²) >= 11 is 0. The number of nitriles is 2. The molecule has 0 unspecified atom stereocenters. The first-order valence-corrected chi connectivity index (χ1v) is 9.17. The Labute approximate surface area is 103 Å². The average Bonchev–Trinajstić information content (AvgIpc) is 2.26. The topological polar surface area (TPSA) is 84.5 Å². The van der Waals surface area contributed by atoms with Crippen molar-refractivity contribution in [3.05, 3.63) is 0 Å². The highest BCUT2D eigenvalue weighted by atomic mass is 28.4. The van der Waals surface area contributed by atoms with Gasteiger partial charge in [-0.2, -0.15) is 10.5 Å². The van der Waals surface area contributed by atoms with E-state index in [9.17, 15) is 0 Å². The molecule has 0 aromatic carbocycles. The van der Waals surface area contributed by atoms with E-state index in [1.165, 1.54) is 0 Å². The van der Waals surface area contributed by atoms with Gasteiger partial charge in [0.25, 0.3) is 0 Å². The van der Waals surface area contributed by atoms with E-state index >= 15 is 0 Å². The van der Waals surface area contributed by atoms with Crippen LogP contribution in [0.3, 0.4) is 0 Å². The zero-order chi connectivity index (χ0) is 11.6. The Hall–Kier alpha value is -0.312. The molecule has 0 atom stereocenters. The van der Waals surface area contributed by atoms with Crippen LogP contribution in [-0.4, -0.2) is 38.6 Å². The van der Waals surface area contributed by atoms with Crippen molar-refractivity contribution in [2.24, 2.45) is 0 Å². The normalized spacial score (nSPS) is 19.4. The van der Waals surface area contributed by atoms with Crippen LogP contribution in [0.5, 0.6) is 0 Å². The van der Waals surface area contributed by atoms with Crippen molar-refractivity contribution in [1.29, 1.82) is 10.5 Å². The molecule has 6 nitrogen and oxygen atoms in total. The summed E-state index contributed by atoms with van der Waals surface area (Å²) in [6.45, 7) is 0. The molecule has 6 radical (unpaired) electrons. The summed E-state index contributed by atoms with van der Waals surface area (Å²) in [5.41, 5.74) is 0. The van der Waals surface area contributed by atoms with Crippen LogP contribution in [0.1, 0.15) is 12.8 Å². The van der Waals surface area contributed by atoms with Gasteiger partial charge < -0.3 is 16.5 Å². The molecule has 0 N–H and O–H groups in total. The van der Waals surface area contributed by atoms with Gasteiger partial charge in [-0.15, -0.1) is 0 Å². The van der Waals surface area contributed by atoms with Gasteiger partial charge >= 0.3 is 38.6 Å². The quantitative estimate of drug-likeness (QED) is 0.672. The minimum Gasteiger partial charge on any atom is -0.414 e. The molecule has 82 valence electrons. The lowest BCUT2D eigenvalue weighted by Gasteiger charge is -2.22.